The Labute approximate surface area is 118 Å². The van der Waals surface area contributed by atoms with Crippen LogP contribution in [0.4, 0.5) is 0 Å². The molecule has 1 rings (SSSR count). The van der Waals surface area contributed by atoms with Gasteiger partial charge in [0.2, 0.25) is 0 Å². The third-order valence-electron chi connectivity index (χ3n) is 2.40. The van der Waals surface area contributed by atoms with Crippen molar-refractivity contribution in [3.63, 3.8) is 0 Å². The predicted molar refractivity (Wildman–Crippen MR) is 74.3 cm³/mol. The summed E-state index contributed by atoms with van der Waals surface area (Å²) in [6.45, 7) is 3.42. The van der Waals surface area contributed by atoms with Crippen LogP contribution in [-0.4, -0.2) is 36.9 Å². The fourth-order valence-corrected chi connectivity index (χ4v) is 5.18. The highest BCUT2D eigenvalue weighted by Gasteiger charge is 2.40. The summed E-state index contributed by atoms with van der Waals surface area (Å²) in [5.74, 6) is -0.776. The molecular weight excluding hydrogens is 305 g/mol. The van der Waals surface area contributed by atoms with Crippen LogP contribution < -0.4 is 0 Å². The first-order valence-corrected chi connectivity index (χ1v) is 9.29. The Morgan fingerprint density at radius 2 is 1.90 bits per heavy atom. The van der Waals surface area contributed by atoms with Crippen LogP contribution in [0.5, 0.6) is 0 Å². The molecule has 114 valence electrons. The van der Waals surface area contributed by atoms with Gasteiger partial charge in [-0.1, -0.05) is 6.07 Å². The van der Waals surface area contributed by atoms with Crippen LogP contribution in [0.3, 0.4) is 0 Å². The Morgan fingerprint density at radius 3 is 2.30 bits per heavy atom. The molecule has 9 heteroatoms. The van der Waals surface area contributed by atoms with Crippen molar-refractivity contribution in [1.82, 2.24) is 4.98 Å². The van der Waals surface area contributed by atoms with Gasteiger partial charge in [0, 0.05) is 6.20 Å². The maximum Gasteiger partial charge on any atom is 0.340 e. The summed E-state index contributed by atoms with van der Waals surface area (Å²) < 4.78 is 54.4. The van der Waals surface area contributed by atoms with Gasteiger partial charge in [0.05, 0.1) is 24.7 Å². The molecule has 1 heterocycles. The smallest absolute Gasteiger partial charge is 0.308 e. The van der Waals surface area contributed by atoms with Crippen LogP contribution in [0, 0.1) is 0 Å². The van der Waals surface area contributed by atoms with E-state index in [0.717, 1.165) is 0 Å². The van der Waals surface area contributed by atoms with Gasteiger partial charge in [0.15, 0.2) is 0 Å². The van der Waals surface area contributed by atoms with Crippen LogP contribution in [-0.2, 0) is 23.7 Å². The standard InChI is InChI=1S/C11H18NO6PS/c1-3-17-19(13,18-4-2)11(9-20(14,15)16)10-7-5-6-8-12-10/h5-8,11H,3-4,9H2,1-2H3,(H,14,15,16). The first-order chi connectivity index (χ1) is 9.32. The molecule has 0 bridgehead atoms. The maximum absolute atomic E-state index is 12.7. The third kappa shape index (κ3) is 4.96. The minimum atomic E-state index is -4.36. The molecule has 20 heavy (non-hydrogen) atoms. The number of aromatic nitrogens is 1. The lowest BCUT2D eigenvalue weighted by molar-refractivity contribution is 0.213. The molecule has 0 fully saturated rings. The number of hydrogen-bond acceptors (Lipinski definition) is 6. The Kier molecular flexibility index (Phi) is 6.29. The second kappa shape index (κ2) is 7.28. The summed E-state index contributed by atoms with van der Waals surface area (Å²) in [6, 6.07) is 4.78. The summed E-state index contributed by atoms with van der Waals surface area (Å²) in [4.78, 5) is 3.99. The Hall–Kier alpha value is -0.790. The molecule has 1 N–H and O–H groups in total. The quantitative estimate of drug-likeness (QED) is 0.578. The Bertz CT molecular complexity index is 552. The van der Waals surface area contributed by atoms with Gasteiger partial charge < -0.3 is 9.05 Å². The largest absolute Gasteiger partial charge is 0.340 e. The van der Waals surface area contributed by atoms with Crippen molar-refractivity contribution in [1.29, 1.82) is 0 Å². The molecule has 0 amide bonds. The lowest BCUT2D eigenvalue weighted by Crippen LogP contribution is -2.18. The molecule has 0 aliphatic carbocycles. The van der Waals surface area contributed by atoms with E-state index < -0.39 is 29.1 Å². The van der Waals surface area contributed by atoms with Crippen LogP contribution >= 0.6 is 7.60 Å². The first-order valence-electron chi connectivity index (χ1n) is 6.07. The highest BCUT2D eigenvalue weighted by Crippen LogP contribution is 2.60. The Balaban J connectivity index is 3.25. The summed E-state index contributed by atoms with van der Waals surface area (Å²) in [6.07, 6.45) is 1.44. The first kappa shape index (κ1) is 17.3. The predicted octanol–water partition coefficient (Wildman–Crippen LogP) is 2.28. The van der Waals surface area contributed by atoms with Gasteiger partial charge >= 0.3 is 7.60 Å². The molecular formula is C11H18NO6PS. The highest BCUT2D eigenvalue weighted by molar-refractivity contribution is 7.86. The third-order valence-corrected chi connectivity index (χ3v) is 5.85. The molecule has 1 aromatic rings. The highest BCUT2D eigenvalue weighted by atomic mass is 32.2. The number of hydrogen-bond donors (Lipinski definition) is 1. The van der Waals surface area contributed by atoms with E-state index in [9.17, 15) is 13.0 Å². The van der Waals surface area contributed by atoms with Gasteiger partial charge in [-0.2, -0.15) is 8.42 Å². The zero-order valence-electron chi connectivity index (χ0n) is 11.3. The Morgan fingerprint density at radius 1 is 1.30 bits per heavy atom. The molecule has 0 saturated heterocycles. The molecule has 1 unspecified atom stereocenters. The van der Waals surface area contributed by atoms with Gasteiger partial charge in [-0.3, -0.25) is 14.1 Å². The van der Waals surface area contributed by atoms with Gasteiger partial charge in [0.25, 0.3) is 10.1 Å². The molecule has 0 saturated carbocycles. The fourth-order valence-electron chi connectivity index (χ4n) is 1.69. The lowest BCUT2D eigenvalue weighted by atomic mass is 10.3. The van der Waals surface area contributed by atoms with E-state index in [1.165, 1.54) is 12.3 Å². The van der Waals surface area contributed by atoms with E-state index in [1.54, 1.807) is 26.0 Å². The van der Waals surface area contributed by atoms with E-state index in [4.69, 9.17) is 13.6 Å². The lowest BCUT2D eigenvalue weighted by Gasteiger charge is -2.24. The van der Waals surface area contributed by atoms with E-state index >= 15 is 0 Å². The van der Waals surface area contributed by atoms with Crippen LogP contribution in [0.2, 0.25) is 0 Å². The van der Waals surface area contributed by atoms with Crippen LogP contribution in [0.15, 0.2) is 24.4 Å². The normalized spacial score (nSPS) is 14.2. The topological polar surface area (TPSA) is 103 Å². The average Bonchev–Trinajstić information content (AvgIpc) is 2.36. The fraction of sp³-hybridized carbons (Fsp3) is 0.545. The second-order valence-corrected chi connectivity index (χ2v) is 7.61. The molecule has 0 aliphatic heterocycles. The van der Waals surface area contributed by atoms with Gasteiger partial charge in [-0.25, -0.2) is 0 Å². The molecule has 0 spiro atoms. The van der Waals surface area contributed by atoms with Crippen molar-refractivity contribution < 1.29 is 26.6 Å². The van der Waals surface area contributed by atoms with Gasteiger partial charge in [-0.05, 0) is 26.0 Å². The SMILES string of the molecule is CCOP(=O)(OCC)C(CS(=O)(=O)O)c1ccccn1. The average molecular weight is 323 g/mol. The second-order valence-electron chi connectivity index (χ2n) is 3.89. The van der Waals surface area contributed by atoms with Crippen molar-refractivity contribution in [3.05, 3.63) is 30.1 Å². The van der Waals surface area contributed by atoms with Crippen molar-refractivity contribution in [2.75, 3.05) is 19.0 Å². The van der Waals surface area contributed by atoms with Gasteiger partial charge in [-0.15, -0.1) is 0 Å². The van der Waals surface area contributed by atoms with Crippen molar-refractivity contribution >= 4 is 17.7 Å². The molecule has 0 aromatic carbocycles. The monoisotopic (exact) mass is 323 g/mol. The zero-order valence-corrected chi connectivity index (χ0v) is 13.0. The number of rotatable bonds is 8. The summed E-state index contributed by atoms with van der Waals surface area (Å²) in [7, 11) is -8.11. The van der Waals surface area contributed by atoms with E-state index in [-0.39, 0.29) is 18.9 Å². The van der Waals surface area contributed by atoms with Crippen LogP contribution in [0.1, 0.15) is 25.2 Å². The zero-order chi connectivity index (χ0) is 15.2. The maximum atomic E-state index is 12.7. The summed E-state index contributed by atoms with van der Waals surface area (Å²) >= 11 is 0. The van der Waals surface area contributed by atoms with E-state index in [1.807, 2.05) is 0 Å². The molecule has 0 aliphatic rings. The summed E-state index contributed by atoms with van der Waals surface area (Å²) in [5, 5.41) is 0. The minimum Gasteiger partial charge on any atom is -0.308 e. The van der Waals surface area contributed by atoms with E-state index in [0.29, 0.717) is 0 Å². The van der Waals surface area contributed by atoms with E-state index in [2.05, 4.69) is 4.98 Å². The minimum absolute atomic E-state index is 0.0894. The number of nitrogens with zero attached hydrogens (tertiary/aromatic N) is 1. The summed E-state index contributed by atoms with van der Waals surface area (Å²) in [5.41, 5.74) is -0.936. The van der Waals surface area contributed by atoms with Crippen LogP contribution in [0.25, 0.3) is 0 Å². The molecule has 7 nitrogen and oxygen atoms in total. The van der Waals surface area contributed by atoms with Crippen molar-refractivity contribution in [3.8, 4) is 0 Å². The number of pyridine rings is 1. The molecule has 0 radical (unpaired) electrons. The molecule has 1 aromatic heterocycles. The van der Waals surface area contributed by atoms with Crippen molar-refractivity contribution in [2.45, 2.75) is 19.5 Å². The van der Waals surface area contributed by atoms with Gasteiger partial charge in [0.1, 0.15) is 5.66 Å². The molecule has 1 atom stereocenters. The van der Waals surface area contributed by atoms with Crippen molar-refractivity contribution in [2.24, 2.45) is 0 Å².